The lowest BCUT2D eigenvalue weighted by atomic mass is 10.1. The zero-order valence-corrected chi connectivity index (χ0v) is 8.88. The van der Waals surface area contributed by atoms with Crippen molar-refractivity contribution in [1.82, 2.24) is 0 Å². The van der Waals surface area contributed by atoms with Gasteiger partial charge in [-0.2, -0.15) is 0 Å². The van der Waals surface area contributed by atoms with Gasteiger partial charge in [0.25, 0.3) is 0 Å². The molecule has 3 heteroatoms. The van der Waals surface area contributed by atoms with E-state index in [9.17, 15) is 4.79 Å². The molecule has 0 aliphatic rings. The summed E-state index contributed by atoms with van der Waals surface area (Å²) in [7, 11) is 0. The number of primary amides is 1. The second-order valence-corrected chi connectivity index (χ2v) is 4.03. The summed E-state index contributed by atoms with van der Waals surface area (Å²) < 4.78 is 5.40. The molecule has 13 heavy (non-hydrogen) atoms. The van der Waals surface area contributed by atoms with Gasteiger partial charge in [0.1, 0.15) is 0 Å². The van der Waals surface area contributed by atoms with E-state index in [1.54, 1.807) is 0 Å². The van der Waals surface area contributed by atoms with Crippen LogP contribution in [0.1, 0.15) is 33.6 Å². The molecule has 0 saturated heterocycles. The van der Waals surface area contributed by atoms with Crippen LogP contribution in [0.5, 0.6) is 0 Å². The minimum absolute atomic E-state index is 0.240. The molecule has 3 nitrogen and oxygen atoms in total. The first-order valence-electron chi connectivity index (χ1n) is 4.88. The van der Waals surface area contributed by atoms with E-state index in [2.05, 4.69) is 13.8 Å². The topological polar surface area (TPSA) is 52.3 Å². The molecule has 78 valence electrons. The Bertz CT molecular complexity index is 146. The van der Waals surface area contributed by atoms with Crippen molar-refractivity contribution in [2.75, 3.05) is 13.2 Å². The fraction of sp³-hybridized carbons (Fsp3) is 0.900. The van der Waals surface area contributed by atoms with E-state index in [1.165, 1.54) is 0 Å². The first-order chi connectivity index (χ1) is 6.02. The van der Waals surface area contributed by atoms with Crippen molar-refractivity contribution in [3.8, 4) is 0 Å². The summed E-state index contributed by atoms with van der Waals surface area (Å²) >= 11 is 0. The number of ether oxygens (including phenoxy) is 1. The maximum atomic E-state index is 10.5. The normalized spacial score (nSPS) is 13.2. The maximum Gasteiger partial charge on any atom is 0.217 e. The van der Waals surface area contributed by atoms with Crippen molar-refractivity contribution in [2.45, 2.75) is 33.6 Å². The highest BCUT2D eigenvalue weighted by Gasteiger charge is 2.05. The van der Waals surface area contributed by atoms with Gasteiger partial charge in [0.05, 0.1) is 0 Å². The fourth-order valence-corrected chi connectivity index (χ4v) is 1.01. The van der Waals surface area contributed by atoms with Gasteiger partial charge < -0.3 is 10.5 Å². The van der Waals surface area contributed by atoms with Crippen molar-refractivity contribution < 1.29 is 9.53 Å². The smallest absolute Gasteiger partial charge is 0.217 e. The minimum atomic E-state index is -0.250. The summed E-state index contributed by atoms with van der Waals surface area (Å²) in [5.41, 5.74) is 5.05. The van der Waals surface area contributed by atoms with Gasteiger partial charge in [-0.05, 0) is 18.3 Å². The molecule has 0 rings (SSSR count). The van der Waals surface area contributed by atoms with E-state index >= 15 is 0 Å². The largest absolute Gasteiger partial charge is 0.381 e. The monoisotopic (exact) mass is 187 g/mol. The second kappa shape index (κ2) is 6.89. The van der Waals surface area contributed by atoms with Gasteiger partial charge >= 0.3 is 0 Å². The predicted octanol–water partition coefficient (Wildman–Crippen LogP) is 1.56. The Labute approximate surface area is 80.6 Å². The van der Waals surface area contributed by atoms with E-state index < -0.39 is 0 Å². The molecular weight excluding hydrogens is 166 g/mol. The van der Waals surface area contributed by atoms with Crippen molar-refractivity contribution >= 4 is 5.91 Å². The van der Waals surface area contributed by atoms with Crippen LogP contribution < -0.4 is 5.73 Å². The van der Waals surface area contributed by atoms with Gasteiger partial charge in [0.2, 0.25) is 5.91 Å². The van der Waals surface area contributed by atoms with Gasteiger partial charge in [0, 0.05) is 19.6 Å². The van der Waals surface area contributed by atoms with Crippen LogP contribution in [0.4, 0.5) is 0 Å². The summed E-state index contributed by atoms with van der Waals surface area (Å²) in [5, 5.41) is 0. The summed E-state index contributed by atoms with van der Waals surface area (Å²) in [6, 6.07) is 0. The Morgan fingerprint density at radius 1 is 1.38 bits per heavy atom. The van der Waals surface area contributed by atoms with Crippen molar-refractivity contribution in [2.24, 2.45) is 17.6 Å². The molecule has 0 aromatic heterocycles. The van der Waals surface area contributed by atoms with Gasteiger partial charge in [-0.15, -0.1) is 0 Å². The second-order valence-electron chi connectivity index (χ2n) is 4.03. The zero-order chi connectivity index (χ0) is 10.3. The first kappa shape index (κ1) is 12.4. The average molecular weight is 187 g/mol. The number of hydrogen-bond acceptors (Lipinski definition) is 2. The minimum Gasteiger partial charge on any atom is -0.381 e. The Hall–Kier alpha value is -0.570. The summed E-state index contributed by atoms with van der Waals surface area (Å²) in [6.45, 7) is 7.71. The van der Waals surface area contributed by atoms with E-state index in [4.69, 9.17) is 10.5 Å². The van der Waals surface area contributed by atoms with Crippen LogP contribution in [-0.4, -0.2) is 19.1 Å². The van der Waals surface area contributed by atoms with Crippen LogP contribution in [0.25, 0.3) is 0 Å². The zero-order valence-electron chi connectivity index (χ0n) is 8.88. The standard InChI is InChI=1S/C10H21NO2/c1-8(2)4-5-13-7-9(3)6-10(11)12/h8-9H,4-7H2,1-3H3,(H2,11,12). The molecule has 0 heterocycles. The number of amides is 1. The van der Waals surface area contributed by atoms with E-state index in [-0.39, 0.29) is 11.8 Å². The highest BCUT2D eigenvalue weighted by Crippen LogP contribution is 2.04. The molecule has 0 aromatic carbocycles. The molecule has 1 amide bonds. The first-order valence-corrected chi connectivity index (χ1v) is 4.88. The molecule has 1 unspecified atom stereocenters. The number of nitrogens with two attached hydrogens (primary N) is 1. The third-order valence-corrected chi connectivity index (χ3v) is 1.79. The highest BCUT2D eigenvalue weighted by atomic mass is 16.5. The molecule has 0 aliphatic carbocycles. The van der Waals surface area contributed by atoms with Gasteiger partial charge in [-0.25, -0.2) is 0 Å². The van der Waals surface area contributed by atoms with E-state index in [0.29, 0.717) is 18.9 Å². The molecule has 0 radical (unpaired) electrons. The van der Waals surface area contributed by atoms with Gasteiger partial charge in [-0.1, -0.05) is 20.8 Å². The molecular formula is C10H21NO2. The lowest BCUT2D eigenvalue weighted by molar-refractivity contribution is -0.119. The third-order valence-electron chi connectivity index (χ3n) is 1.79. The summed E-state index contributed by atoms with van der Waals surface area (Å²) in [5.74, 6) is 0.663. The molecule has 0 fully saturated rings. The predicted molar refractivity (Wildman–Crippen MR) is 53.2 cm³/mol. The van der Waals surface area contributed by atoms with E-state index in [1.807, 2.05) is 6.92 Å². The third kappa shape index (κ3) is 9.34. The molecule has 0 aromatic rings. The van der Waals surface area contributed by atoms with Crippen molar-refractivity contribution in [3.05, 3.63) is 0 Å². The number of carbonyl (C=O) groups is 1. The molecule has 0 spiro atoms. The number of hydrogen-bond donors (Lipinski definition) is 1. The average Bonchev–Trinajstić information content (AvgIpc) is 1.96. The van der Waals surface area contributed by atoms with Crippen molar-refractivity contribution in [1.29, 1.82) is 0 Å². The molecule has 1 atom stereocenters. The lowest BCUT2D eigenvalue weighted by Gasteiger charge is -2.10. The Morgan fingerprint density at radius 2 is 2.00 bits per heavy atom. The van der Waals surface area contributed by atoms with Crippen LogP contribution in [0, 0.1) is 11.8 Å². The Balaban J connectivity index is 3.26. The summed E-state index contributed by atoms with van der Waals surface area (Å²) in [4.78, 5) is 10.5. The number of rotatable bonds is 7. The quantitative estimate of drug-likeness (QED) is 0.615. The van der Waals surface area contributed by atoms with Crippen molar-refractivity contribution in [3.63, 3.8) is 0 Å². The molecule has 2 N–H and O–H groups in total. The van der Waals surface area contributed by atoms with Crippen LogP contribution >= 0.6 is 0 Å². The molecule has 0 bridgehead atoms. The Kier molecular flexibility index (Phi) is 6.59. The van der Waals surface area contributed by atoms with Gasteiger partial charge in [0.15, 0.2) is 0 Å². The van der Waals surface area contributed by atoms with Crippen LogP contribution in [0.3, 0.4) is 0 Å². The molecule has 0 aliphatic heterocycles. The number of carbonyl (C=O) groups excluding carboxylic acids is 1. The highest BCUT2D eigenvalue weighted by molar-refractivity contribution is 5.73. The Morgan fingerprint density at radius 3 is 2.46 bits per heavy atom. The molecule has 0 saturated carbocycles. The SMILES string of the molecule is CC(C)CCOCC(C)CC(N)=O. The van der Waals surface area contributed by atoms with Crippen LogP contribution in [0.2, 0.25) is 0 Å². The summed E-state index contributed by atoms with van der Waals surface area (Å²) in [6.07, 6.45) is 1.49. The van der Waals surface area contributed by atoms with Gasteiger partial charge in [-0.3, -0.25) is 4.79 Å². The maximum absolute atomic E-state index is 10.5. The van der Waals surface area contributed by atoms with E-state index in [0.717, 1.165) is 13.0 Å². The van der Waals surface area contributed by atoms with Crippen LogP contribution in [-0.2, 0) is 9.53 Å². The fourth-order valence-electron chi connectivity index (χ4n) is 1.01. The van der Waals surface area contributed by atoms with Crippen LogP contribution in [0.15, 0.2) is 0 Å². The lowest BCUT2D eigenvalue weighted by Crippen LogP contribution is -2.18.